The SMILES string of the molecule is [CH2]C(C)c1ccsc1. The molecule has 1 unspecified atom stereocenters. The molecule has 0 bridgehead atoms. The highest BCUT2D eigenvalue weighted by atomic mass is 32.1. The van der Waals surface area contributed by atoms with Crippen LogP contribution < -0.4 is 0 Å². The van der Waals surface area contributed by atoms with Crippen LogP contribution in [-0.4, -0.2) is 0 Å². The second-order valence-corrected chi connectivity index (χ2v) is 2.74. The van der Waals surface area contributed by atoms with Crippen LogP contribution in [0.2, 0.25) is 0 Å². The predicted molar refractivity (Wildman–Crippen MR) is 38.1 cm³/mol. The van der Waals surface area contributed by atoms with Gasteiger partial charge in [-0.1, -0.05) is 6.92 Å². The standard InChI is InChI=1S/C7H9S/c1-6(2)7-3-4-8-5-7/h3-6H,1H2,2H3. The first-order valence-electron chi connectivity index (χ1n) is 2.66. The normalized spacial score (nSPS) is 10.4. The molecule has 1 heteroatoms. The lowest BCUT2D eigenvalue weighted by atomic mass is 10.1. The summed E-state index contributed by atoms with van der Waals surface area (Å²) in [6.07, 6.45) is 0. The third-order valence-corrected chi connectivity index (χ3v) is 1.81. The Morgan fingerprint density at radius 3 is 2.75 bits per heavy atom. The van der Waals surface area contributed by atoms with E-state index in [1.165, 1.54) is 5.56 Å². The molecule has 0 aliphatic rings. The maximum Gasteiger partial charge on any atom is -0.00585 e. The lowest BCUT2D eigenvalue weighted by Crippen LogP contribution is -1.79. The fraction of sp³-hybridized carbons (Fsp3) is 0.286. The summed E-state index contributed by atoms with van der Waals surface area (Å²) in [4.78, 5) is 0. The van der Waals surface area contributed by atoms with E-state index in [-0.39, 0.29) is 0 Å². The zero-order valence-electron chi connectivity index (χ0n) is 4.92. The van der Waals surface area contributed by atoms with Crippen molar-refractivity contribution in [2.75, 3.05) is 0 Å². The van der Waals surface area contributed by atoms with Gasteiger partial charge in [0, 0.05) is 0 Å². The maximum absolute atomic E-state index is 3.89. The summed E-state index contributed by atoms with van der Waals surface area (Å²) >= 11 is 1.73. The van der Waals surface area contributed by atoms with E-state index in [1.807, 2.05) is 0 Å². The van der Waals surface area contributed by atoms with Crippen LogP contribution in [0.5, 0.6) is 0 Å². The Labute approximate surface area is 54.2 Å². The van der Waals surface area contributed by atoms with Gasteiger partial charge in [0.15, 0.2) is 0 Å². The first-order valence-corrected chi connectivity index (χ1v) is 3.60. The molecule has 0 aliphatic carbocycles. The quantitative estimate of drug-likeness (QED) is 0.541. The van der Waals surface area contributed by atoms with Crippen molar-refractivity contribution >= 4 is 11.3 Å². The molecule has 43 valence electrons. The van der Waals surface area contributed by atoms with Gasteiger partial charge >= 0.3 is 0 Å². The van der Waals surface area contributed by atoms with Gasteiger partial charge in [0.2, 0.25) is 0 Å². The van der Waals surface area contributed by atoms with Crippen LogP contribution in [0.4, 0.5) is 0 Å². The molecule has 0 saturated carbocycles. The Morgan fingerprint density at radius 2 is 2.50 bits per heavy atom. The van der Waals surface area contributed by atoms with Crippen molar-refractivity contribution < 1.29 is 0 Å². The van der Waals surface area contributed by atoms with E-state index >= 15 is 0 Å². The Morgan fingerprint density at radius 1 is 1.75 bits per heavy atom. The summed E-state index contributed by atoms with van der Waals surface area (Å²) in [6, 6.07) is 2.11. The largest absolute Gasteiger partial charge is 0.152 e. The Balaban J connectivity index is 2.77. The molecular weight excluding hydrogens is 116 g/mol. The van der Waals surface area contributed by atoms with Crippen molar-refractivity contribution in [2.24, 2.45) is 0 Å². The Kier molecular flexibility index (Phi) is 1.69. The van der Waals surface area contributed by atoms with Gasteiger partial charge in [-0.05, 0) is 35.2 Å². The van der Waals surface area contributed by atoms with Gasteiger partial charge in [0.05, 0.1) is 0 Å². The highest BCUT2D eigenvalue weighted by Crippen LogP contribution is 2.15. The minimum atomic E-state index is 0.446. The summed E-state index contributed by atoms with van der Waals surface area (Å²) < 4.78 is 0. The van der Waals surface area contributed by atoms with Crippen molar-refractivity contribution in [3.8, 4) is 0 Å². The van der Waals surface area contributed by atoms with Crippen LogP contribution in [0.25, 0.3) is 0 Å². The van der Waals surface area contributed by atoms with Gasteiger partial charge < -0.3 is 0 Å². The van der Waals surface area contributed by atoms with E-state index in [4.69, 9.17) is 0 Å². The molecule has 0 aliphatic heterocycles. The Hall–Kier alpha value is -0.300. The minimum absolute atomic E-state index is 0.446. The fourth-order valence-electron chi connectivity index (χ4n) is 0.555. The summed E-state index contributed by atoms with van der Waals surface area (Å²) in [5.74, 6) is 0.446. The Bertz CT molecular complexity index is 139. The zero-order chi connectivity index (χ0) is 5.98. The van der Waals surface area contributed by atoms with Crippen LogP contribution >= 0.6 is 11.3 Å². The molecule has 1 aromatic rings. The van der Waals surface area contributed by atoms with Crippen molar-refractivity contribution in [1.29, 1.82) is 0 Å². The number of hydrogen-bond donors (Lipinski definition) is 0. The van der Waals surface area contributed by atoms with Gasteiger partial charge in [0.25, 0.3) is 0 Å². The van der Waals surface area contributed by atoms with E-state index < -0.39 is 0 Å². The van der Waals surface area contributed by atoms with Crippen molar-refractivity contribution in [2.45, 2.75) is 12.8 Å². The smallest absolute Gasteiger partial charge is 0.00585 e. The lowest BCUT2D eigenvalue weighted by Gasteiger charge is -1.95. The number of thiophene rings is 1. The molecule has 1 rings (SSSR count). The number of rotatable bonds is 1. The number of hydrogen-bond acceptors (Lipinski definition) is 1. The van der Waals surface area contributed by atoms with Gasteiger partial charge in [-0.2, -0.15) is 11.3 Å². The molecule has 1 heterocycles. The predicted octanol–water partition coefficient (Wildman–Crippen LogP) is 2.69. The molecular formula is C7H9S. The van der Waals surface area contributed by atoms with E-state index in [1.54, 1.807) is 11.3 Å². The van der Waals surface area contributed by atoms with E-state index in [2.05, 4.69) is 30.7 Å². The average molecular weight is 125 g/mol. The van der Waals surface area contributed by atoms with Crippen LogP contribution in [0.3, 0.4) is 0 Å². The van der Waals surface area contributed by atoms with Gasteiger partial charge in [-0.3, -0.25) is 0 Å². The van der Waals surface area contributed by atoms with Crippen molar-refractivity contribution in [1.82, 2.24) is 0 Å². The van der Waals surface area contributed by atoms with E-state index in [9.17, 15) is 0 Å². The second-order valence-electron chi connectivity index (χ2n) is 1.96. The highest BCUT2D eigenvalue weighted by Gasteiger charge is 1.95. The van der Waals surface area contributed by atoms with Crippen LogP contribution in [0.15, 0.2) is 16.8 Å². The summed E-state index contributed by atoms with van der Waals surface area (Å²) in [7, 11) is 0. The van der Waals surface area contributed by atoms with E-state index in [0.29, 0.717) is 5.92 Å². The molecule has 0 amide bonds. The molecule has 0 fully saturated rings. The molecule has 0 spiro atoms. The zero-order valence-corrected chi connectivity index (χ0v) is 5.74. The third-order valence-electron chi connectivity index (χ3n) is 1.11. The lowest BCUT2D eigenvalue weighted by molar-refractivity contribution is 0.972. The maximum atomic E-state index is 3.89. The van der Waals surface area contributed by atoms with Gasteiger partial charge in [-0.15, -0.1) is 0 Å². The second kappa shape index (κ2) is 2.31. The first kappa shape index (κ1) is 5.83. The molecule has 8 heavy (non-hydrogen) atoms. The average Bonchev–Trinajstić information content (AvgIpc) is 2.12. The van der Waals surface area contributed by atoms with Crippen molar-refractivity contribution in [3.05, 3.63) is 29.3 Å². The minimum Gasteiger partial charge on any atom is -0.152 e. The molecule has 0 saturated heterocycles. The molecule has 0 nitrogen and oxygen atoms in total. The summed E-state index contributed by atoms with van der Waals surface area (Å²) in [5, 5.41) is 4.22. The first-order chi connectivity index (χ1) is 3.80. The molecule has 0 aromatic carbocycles. The van der Waals surface area contributed by atoms with Crippen LogP contribution in [0, 0.1) is 6.92 Å². The topological polar surface area (TPSA) is 0 Å². The van der Waals surface area contributed by atoms with Crippen LogP contribution in [-0.2, 0) is 0 Å². The molecule has 0 N–H and O–H groups in total. The van der Waals surface area contributed by atoms with Crippen LogP contribution in [0.1, 0.15) is 18.4 Å². The van der Waals surface area contributed by atoms with Crippen molar-refractivity contribution in [3.63, 3.8) is 0 Å². The molecule has 1 atom stereocenters. The molecule has 1 radical (unpaired) electrons. The summed E-state index contributed by atoms with van der Waals surface area (Å²) in [6.45, 7) is 5.99. The van der Waals surface area contributed by atoms with Gasteiger partial charge in [0.1, 0.15) is 0 Å². The highest BCUT2D eigenvalue weighted by molar-refractivity contribution is 7.07. The fourth-order valence-corrected chi connectivity index (χ4v) is 1.34. The monoisotopic (exact) mass is 125 g/mol. The molecule has 1 aromatic heterocycles. The van der Waals surface area contributed by atoms with Gasteiger partial charge in [-0.25, -0.2) is 0 Å². The van der Waals surface area contributed by atoms with E-state index in [0.717, 1.165) is 0 Å². The third kappa shape index (κ3) is 1.10. The summed E-state index contributed by atoms with van der Waals surface area (Å²) in [5.41, 5.74) is 1.34.